The Kier molecular flexibility index (Phi) is 6.09. The third-order valence-corrected chi connectivity index (χ3v) is 3.18. The minimum absolute atomic E-state index is 0.0753. The predicted octanol–water partition coefficient (Wildman–Crippen LogP) is 2.13. The van der Waals surface area contributed by atoms with Crippen molar-refractivity contribution in [2.75, 3.05) is 18.6 Å². The molecule has 18 heavy (non-hydrogen) atoms. The number of benzene rings is 1. The van der Waals surface area contributed by atoms with Crippen molar-refractivity contribution in [2.45, 2.75) is 13.0 Å². The van der Waals surface area contributed by atoms with E-state index in [1.54, 1.807) is 7.11 Å². The van der Waals surface area contributed by atoms with Crippen LogP contribution in [0, 0.1) is 11.3 Å². The molecule has 1 rings (SSSR count). The van der Waals surface area contributed by atoms with Crippen LogP contribution in [0.15, 0.2) is 24.3 Å². The lowest BCUT2D eigenvalue weighted by Crippen LogP contribution is -2.28. The first kappa shape index (κ1) is 14.4. The fraction of sp³-hybridized carbons (Fsp3) is 0.385. The fourth-order valence-electron chi connectivity index (χ4n) is 1.57. The number of ether oxygens (including phenoxy) is 1. The van der Waals surface area contributed by atoms with Crippen LogP contribution in [-0.4, -0.2) is 24.5 Å². The number of methoxy groups -OCH3 is 1. The Morgan fingerprint density at radius 2 is 2.28 bits per heavy atom. The van der Waals surface area contributed by atoms with E-state index in [1.165, 1.54) is 11.8 Å². The van der Waals surface area contributed by atoms with E-state index in [0.29, 0.717) is 11.5 Å². The van der Waals surface area contributed by atoms with Gasteiger partial charge >= 0.3 is 0 Å². The fourth-order valence-corrected chi connectivity index (χ4v) is 2.04. The van der Waals surface area contributed by atoms with E-state index in [9.17, 15) is 4.79 Å². The maximum Gasteiger partial charge on any atom is 0.230 e. The van der Waals surface area contributed by atoms with E-state index in [1.807, 2.05) is 37.3 Å². The van der Waals surface area contributed by atoms with Gasteiger partial charge in [0.25, 0.3) is 0 Å². The predicted molar refractivity (Wildman–Crippen MR) is 72.5 cm³/mol. The molecule has 0 aliphatic rings. The quantitative estimate of drug-likeness (QED) is 0.799. The molecule has 1 aromatic carbocycles. The molecule has 0 spiro atoms. The van der Waals surface area contributed by atoms with Crippen molar-refractivity contribution >= 4 is 17.7 Å². The molecule has 4 nitrogen and oxygen atoms in total. The Labute approximate surface area is 111 Å². The first-order valence-electron chi connectivity index (χ1n) is 5.56. The Morgan fingerprint density at radius 1 is 1.56 bits per heavy atom. The molecule has 1 N–H and O–H groups in total. The maximum atomic E-state index is 11.6. The second-order valence-corrected chi connectivity index (χ2v) is 4.67. The van der Waals surface area contributed by atoms with E-state index >= 15 is 0 Å². The molecule has 0 bridgehead atoms. The lowest BCUT2D eigenvalue weighted by atomic mass is 10.1. The minimum Gasteiger partial charge on any atom is -0.496 e. The van der Waals surface area contributed by atoms with Crippen molar-refractivity contribution in [2.24, 2.45) is 0 Å². The average Bonchev–Trinajstić information content (AvgIpc) is 2.39. The molecule has 1 aromatic rings. The summed E-state index contributed by atoms with van der Waals surface area (Å²) >= 11 is 1.30. The highest BCUT2D eigenvalue weighted by molar-refractivity contribution is 8.00. The molecule has 0 radical (unpaired) electrons. The van der Waals surface area contributed by atoms with Gasteiger partial charge in [0.05, 0.1) is 30.7 Å². The molecule has 0 saturated heterocycles. The summed E-state index contributed by atoms with van der Waals surface area (Å²) in [7, 11) is 1.61. The van der Waals surface area contributed by atoms with Crippen LogP contribution in [0.5, 0.6) is 5.75 Å². The van der Waals surface area contributed by atoms with E-state index in [2.05, 4.69) is 5.32 Å². The zero-order chi connectivity index (χ0) is 13.4. The lowest BCUT2D eigenvalue weighted by molar-refractivity contribution is -0.119. The Balaban J connectivity index is 2.57. The van der Waals surface area contributed by atoms with Gasteiger partial charge in [-0.25, -0.2) is 0 Å². The van der Waals surface area contributed by atoms with Gasteiger partial charge < -0.3 is 10.1 Å². The van der Waals surface area contributed by atoms with Gasteiger partial charge in [-0.3, -0.25) is 4.79 Å². The van der Waals surface area contributed by atoms with Crippen molar-refractivity contribution in [3.63, 3.8) is 0 Å². The van der Waals surface area contributed by atoms with E-state index in [0.717, 1.165) is 11.3 Å². The zero-order valence-electron chi connectivity index (χ0n) is 10.5. The molecule has 0 heterocycles. The number of hydrogen-bond donors (Lipinski definition) is 1. The smallest absolute Gasteiger partial charge is 0.230 e. The highest BCUT2D eigenvalue weighted by Gasteiger charge is 2.13. The first-order valence-corrected chi connectivity index (χ1v) is 6.71. The van der Waals surface area contributed by atoms with Gasteiger partial charge in [-0.05, 0) is 13.0 Å². The Morgan fingerprint density at radius 3 is 2.94 bits per heavy atom. The molecule has 1 amide bonds. The van der Waals surface area contributed by atoms with Gasteiger partial charge in [-0.2, -0.15) is 5.26 Å². The molecule has 1 atom stereocenters. The first-order chi connectivity index (χ1) is 8.69. The van der Waals surface area contributed by atoms with E-state index in [-0.39, 0.29) is 11.9 Å². The largest absolute Gasteiger partial charge is 0.496 e. The zero-order valence-corrected chi connectivity index (χ0v) is 11.3. The number of nitriles is 1. The molecule has 0 aliphatic carbocycles. The minimum atomic E-state index is -0.115. The molecule has 0 fully saturated rings. The summed E-state index contributed by atoms with van der Waals surface area (Å²) in [6.07, 6.45) is 0. The van der Waals surface area contributed by atoms with Crippen LogP contribution < -0.4 is 10.1 Å². The maximum absolute atomic E-state index is 11.6. The van der Waals surface area contributed by atoms with Crippen LogP contribution in [0.25, 0.3) is 0 Å². The van der Waals surface area contributed by atoms with Crippen molar-refractivity contribution < 1.29 is 9.53 Å². The molecule has 5 heteroatoms. The molecule has 0 aliphatic heterocycles. The van der Waals surface area contributed by atoms with E-state index < -0.39 is 0 Å². The van der Waals surface area contributed by atoms with Gasteiger partial charge in [0.1, 0.15) is 5.75 Å². The Bertz CT molecular complexity index is 443. The van der Waals surface area contributed by atoms with Crippen molar-refractivity contribution in [1.29, 1.82) is 5.26 Å². The summed E-state index contributed by atoms with van der Waals surface area (Å²) < 4.78 is 5.25. The van der Waals surface area contributed by atoms with Crippen LogP contribution in [0.4, 0.5) is 0 Å². The highest BCUT2D eigenvalue weighted by atomic mass is 32.2. The summed E-state index contributed by atoms with van der Waals surface area (Å²) in [4.78, 5) is 11.6. The third kappa shape index (κ3) is 4.30. The van der Waals surface area contributed by atoms with Crippen molar-refractivity contribution in [3.05, 3.63) is 29.8 Å². The molecule has 0 aromatic heterocycles. The third-order valence-electron chi connectivity index (χ3n) is 2.38. The van der Waals surface area contributed by atoms with Crippen LogP contribution in [0.2, 0.25) is 0 Å². The molecular formula is C13H16N2O2S. The average molecular weight is 264 g/mol. The summed E-state index contributed by atoms with van der Waals surface area (Å²) in [5.74, 6) is 1.31. The van der Waals surface area contributed by atoms with Crippen LogP contribution >= 0.6 is 11.8 Å². The number of carbonyl (C=O) groups is 1. The summed E-state index contributed by atoms with van der Waals surface area (Å²) in [5.41, 5.74) is 0.943. The van der Waals surface area contributed by atoms with E-state index in [4.69, 9.17) is 10.00 Å². The van der Waals surface area contributed by atoms with Gasteiger partial charge in [0, 0.05) is 5.56 Å². The molecular weight excluding hydrogens is 248 g/mol. The summed E-state index contributed by atoms with van der Waals surface area (Å²) in [5, 5.41) is 11.3. The number of hydrogen-bond acceptors (Lipinski definition) is 4. The highest BCUT2D eigenvalue weighted by Crippen LogP contribution is 2.24. The summed E-state index contributed by atoms with van der Waals surface area (Å²) in [6.45, 7) is 1.91. The number of thioether (sulfide) groups is 1. The van der Waals surface area contributed by atoms with Crippen LogP contribution in [0.3, 0.4) is 0 Å². The van der Waals surface area contributed by atoms with Gasteiger partial charge in [0.2, 0.25) is 5.91 Å². The number of rotatable bonds is 6. The van der Waals surface area contributed by atoms with Crippen molar-refractivity contribution in [3.8, 4) is 11.8 Å². The number of nitrogens with zero attached hydrogens (tertiary/aromatic N) is 1. The topological polar surface area (TPSA) is 62.1 Å². The van der Waals surface area contributed by atoms with Crippen molar-refractivity contribution in [1.82, 2.24) is 5.32 Å². The second-order valence-electron chi connectivity index (χ2n) is 3.68. The summed E-state index contributed by atoms with van der Waals surface area (Å²) in [6, 6.07) is 9.46. The standard InChI is InChI=1S/C13H16N2O2S/c1-10(15-13(16)9-18-8-7-14)11-5-3-4-6-12(11)17-2/h3-6,10H,8-9H2,1-2H3,(H,15,16). The molecule has 96 valence electrons. The lowest BCUT2D eigenvalue weighted by Gasteiger charge is -2.16. The SMILES string of the molecule is COc1ccccc1C(C)NC(=O)CSCC#N. The van der Waals surface area contributed by atoms with Gasteiger partial charge in [-0.1, -0.05) is 18.2 Å². The Hall–Kier alpha value is -1.67. The second kappa shape index (κ2) is 7.62. The van der Waals surface area contributed by atoms with Crippen LogP contribution in [-0.2, 0) is 4.79 Å². The number of carbonyl (C=O) groups excluding carboxylic acids is 1. The number of para-hydroxylation sites is 1. The van der Waals surface area contributed by atoms with Crippen LogP contribution in [0.1, 0.15) is 18.5 Å². The normalized spacial score (nSPS) is 11.4. The molecule has 0 saturated carbocycles. The number of nitrogens with one attached hydrogen (secondary N) is 1. The number of amides is 1. The van der Waals surface area contributed by atoms with Gasteiger partial charge in [-0.15, -0.1) is 11.8 Å². The monoisotopic (exact) mass is 264 g/mol. The van der Waals surface area contributed by atoms with Gasteiger partial charge in [0.15, 0.2) is 0 Å². The molecule has 1 unspecified atom stereocenters.